The number of aromatic nitrogens is 1. The van der Waals surface area contributed by atoms with Gasteiger partial charge in [-0.15, -0.1) is 0 Å². The fourth-order valence-corrected chi connectivity index (χ4v) is 2.44. The second-order valence-corrected chi connectivity index (χ2v) is 5.15. The summed E-state index contributed by atoms with van der Waals surface area (Å²) in [4.78, 5) is 2.18. The van der Waals surface area contributed by atoms with E-state index in [2.05, 4.69) is 84.2 Å². The third-order valence-electron chi connectivity index (χ3n) is 3.31. The van der Waals surface area contributed by atoms with Crippen molar-refractivity contribution in [3.8, 4) is 11.3 Å². The molecule has 2 aromatic heterocycles. The maximum Gasteiger partial charge on any atom is 0.0528 e. The molecule has 3 rings (SSSR count). The van der Waals surface area contributed by atoms with Gasteiger partial charge in [0.05, 0.1) is 5.69 Å². The van der Waals surface area contributed by atoms with Gasteiger partial charge >= 0.3 is 0 Å². The first-order chi connectivity index (χ1) is 9.24. The molecule has 0 aliphatic carbocycles. The van der Waals surface area contributed by atoms with Crippen molar-refractivity contribution in [2.45, 2.75) is 6.54 Å². The van der Waals surface area contributed by atoms with Gasteiger partial charge in [0, 0.05) is 18.3 Å². The summed E-state index contributed by atoms with van der Waals surface area (Å²) < 4.78 is 2.22. The van der Waals surface area contributed by atoms with Crippen LogP contribution in [-0.2, 0) is 6.54 Å². The first-order valence-electron chi connectivity index (χ1n) is 6.54. The third-order valence-corrected chi connectivity index (χ3v) is 3.31. The van der Waals surface area contributed by atoms with Crippen LogP contribution in [0.2, 0.25) is 0 Å². The molecular formula is C17H18N2. The Kier molecular flexibility index (Phi) is 3.10. The Morgan fingerprint density at radius 3 is 2.42 bits per heavy atom. The fraction of sp³-hybridized carbons (Fsp3) is 0.176. The Morgan fingerprint density at radius 1 is 0.895 bits per heavy atom. The van der Waals surface area contributed by atoms with E-state index in [0.29, 0.717) is 0 Å². The first kappa shape index (κ1) is 12.0. The topological polar surface area (TPSA) is 7.65 Å². The van der Waals surface area contributed by atoms with Crippen molar-refractivity contribution in [1.82, 2.24) is 9.30 Å². The van der Waals surface area contributed by atoms with E-state index in [1.165, 1.54) is 22.3 Å². The van der Waals surface area contributed by atoms with Crippen LogP contribution in [-0.4, -0.2) is 23.4 Å². The average molecular weight is 250 g/mol. The van der Waals surface area contributed by atoms with Gasteiger partial charge in [0.25, 0.3) is 0 Å². The largest absolute Gasteiger partial charge is 0.317 e. The minimum atomic E-state index is 0.981. The van der Waals surface area contributed by atoms with Crippen LogP contribution in [0.3, 0.4) is 0 Å². The molecule has 2 heteroatoms. The van der Waals surface area contributed by atoms with E-state index in [-0.39, 0.29) is 0 Å². The van der Waals surface area contributed by atoms with Crippen LogP contribution in [0, 0.1) is 0 Å². The molecule has 0 bridgehead atoms. The van der Waals surface area contributed by atoms with Gasteiger partial charge in [0.2, 0.25) is 0 Å². The molecule has 0 N–H and O–H groups in total. The average Bonchev–Trinajstić information content (AvgIpc) is 2.83. The van der Waals surface area contributed by atoms with Crippen molar-refractivity contribution in [2.75, 3.05) is 14.1 Å². The molecule has 0 atom stereocenters. The highest BCUT2D eigenvalue weighted by molar-refractivity contribution is 5.67. The zero-order valence-electron chi connectivity index (χ0n) is 11.4. The minimum Gasteiger partial charge on any atom is -0.317 e. The molecule has 0 unspecified atom stereocenters. The second kappa shape index (κ2) is 4.90. The predicted molar refractivity (Wildman–Crippen MR) is 80.2 cm³/mol. The second-order valence-electron chi connectivity index (χ2n) is 5.15. The molecule has 19 heavy (non-hydrogen) atoms. The Labute approximate surface area is 113 Å². The maximum absolute atomic E-state index is 2.22. The summed E-state index contributed by atoms with van der Waals surface area (Å²) in [5.74, 6) is 0. The van der Waals surface area contributed by atoms with Crippen molar-refractivity contribution in [3.05, 3.63) is 66.4 Å². The Balaban J connectivity index is 1.98. The van der Waals surface area contributed by atoms with E-state index in [1.807, 2.05) is 0 Å². The highest BCUT2D eigenvalue weighted by Crippen LogP contribution is 2.23. The Morgan fingerprint density at radius 2 is 1.68 bits per heavy atom. The zero-order chi connectivity index (χ0) is 13.2. The zero-order valence-corrected chi connectivity index (χ0v) is 11.4. The molecule has 3 aromatic rings. The summed E-state index contributed by atoms with van der Waals surface area (Å²) in [6, 6.07) is 19.4. The molecule has 0 saturated heterocycles. The van der Waals surface area contributed by atoms with Crippen molar-refractivity contribution in [3.63, 3.8) is 0 Å². The van der Waals surface area contributed by atoms with Gasteiger partial charge in [-0.05, 0) is 49.5 Å². The lowest BCUT2D eigenvalue weighted by Gasteiger charge is -2.10. The number of pyridine rings is 1. The molecule has 0 spiro atoms. The quantitative estimate of drug-likeness (QED) is 0.688. The van der Waals surface area contributed by atoms with Gasteiger partial charge in [-0.2, -0.15) is 0 Å². The molecule has 0 amide bonds. The third kappa shape index (κ3) is 2.40. The predicted octanol–water partition coefficient (Wildman–Crippen LogP) is 3.67. The highest BCUT2D eigenvalue weighted by atomic mass is 15.0. The summed E-state index contributed by atoms with van der Waals surface area (Å²) in [5.41, 5.74) is 5.07. The van der Waals surface area contributed by atoms with Crippen LogP contribution in [0.4, 0.5) is 0 Å². The van der Waals surface area contributed by atoms with Gasteiger partial charge < -0.3 is 9.30 Å². The molecule has 0 fully saturated rings. The summed E-state index contributed by atoms with van der Waals surface area (Å²) in [7, 11) is 4.18. The molecule has 96 valence electrons. The monoisotopic (exact) mass is 250 g/mol. The Bertz CT molecular complexity index is 678. The SMILES string of the molecule is CN(C)Cc1ccc(-c2ccc3ccccn23)cc1. The van der Waals surface area contributed by atoms with Crippen LogP contribution in [0.25, 0.3) is 16.8 Å². The van der Waals surface area contributed by atoms with Crippen LogP contribution in [0.5, 0.6) is 0 Å². The van der Waals surface area contributed by atoms with Crippen molar-refractivity contribution in [2.24, 2.45) is 0 Å². The minimum absolute atomic E-state index is 0.981. The normalized spacial score (nSPS) is 11.3. The van der Waals surface area contributed by atoms with Crippen molar-refractivity contribution >= 4 is 5.52 Å². The van der Waals surface area contributed by atoms with E-state index in [9.17, 15) is 0 Å². The summed E-state index contributed by atoms with van der Waals surface area (Å²) >= 11 is 0. The van der Waals surface area contributed by atoms with E-state index in [4.69, 9.17) is 0 Å². The fourth-order valence-electron chi connectivity index (χ4n) is 2.44. The van der Waals surface area contributed by atoms with E-state index in [0.717, 1.165) is 6.54 Å². The summed E-state index contributed by atoms with van der Waals surface area (Å²) in [6.07, 6.45) is 2.11. The molecule has 0 aliphatic rings. The van der Waals surface area contributed by atoms with Crippen LogP contribution < -0.4 is 0 Å². The number of fused-ring (bicyclic) bond motifs is 1. The van der Waals surface area contributed by atoms with Gasteiger partial charge in [-0.1, -0.05) is 30.3 Å². The first-order valence-corrected chi connectivity index (χ1v) is 6.54. The van der Waals surface area contributed by atoms with Gasteiger partial charge in [-0.25, -0.2) is 0 Å². The molecule has 2 heterocycles. The number of hydrogen-bond acceptors (Lipinski definition) is 1. The van der Waals surface area contributed by atoms with Crippen LogP contribution in [0.1, 0.15) is 5.56 Å². The summed E-state index contributed by atoms with van der Waals surface area (Å²) in [6.45, 7) is 0.981. The maximum atomic E-state index is 2.22. The van der Waals surface area contributed by atoms with Gasteiger partial charge in [0.15, 0.2) is 0 Å². The molecule has 1 aromatic carbocycles. The lowest BCUT2D eigenvalue weighted by molar-refractivity contribution is 0.402. The summed E-state index contributed by atoms with van der Waals surface area (Å²) in [5, 5.41) is 0. The van der Waals surface area contributed by atoms with Crippen LogP contribution >= 0.6 is 0 Å². The van der Waals surface area contributed by atoms with E-state index in [1.54, 1.807) is 0 Å². The lowest BCUT2D eigenvalue weighted by Crippen LogP contribution is -2.10. The number of nitrogens with zero attached hydrogens (tertiary/aromatic N) is 2. The van der Waals surface area contributed by atoms with E-state index < -0.39 is 0 Å². The van der Waals surface area contributed by atoms with Crippen LogP contribution in [0.15, 0.2) is 60.8 Å². The van der Waals surface area contributed by atoms with Crippen molar-refractivity contribution < 1.29 is 0 Å². The Hall–Kier alpha value is -2.06. The number of rotatable bonds is 3. The van der Waals surface area contributed by atoms with Gasteiger partial charge in [-0.3, -0.25) is 0 Å². The molecule has 0 radical (unpaired) electrons. The standard InChI is InChI=1S/C17H18N2/c1-18(2)13-14-6-8-15(9-7-14)17-11-10-16-5-3-4-12-19(16)17/h3-12H,13H2,1-2H3. The molecule has 0 saturated carbocycles. The van der Waals surface area contributed by atoms with E-state index >= 15 is 0 Å². The smallest absolute Gasteiger partial charge is 0.0528 e. The molecule has 2 nitrogen and oxygen atoms in total. The van der Waals surface area contributed by atoms with Crippen molar-refractivity contribution in [1.29, 1.82) is 0 Å². The highest BCUT2D eigenvalue weighted by Gasteiger charge is 2.04. The molecular weight excluding hydrogens is 232 g/mol. The lowest BCUT2D eigenvalue weighted by atomic mass is 10.1. The molecule has 0 aliphatic heterocycles. The van der Waals surface area contributed by atoms with Gasteiger partial charge in [0.1, 0.15) is 0 Å². The number of benzene rings is 1. The number of hydrogen-bond donors (Lipinski definition) is 0.